The second kappa shape index (κ2) is 8.65. The van der Waals surface area contributed by atoms with Gasteiger partial charge >= 0.3 is 6.18 Å². The summed E-state index contributed by atoms with van der Waals surface area (Å²) in [7, 11) is 3.81. The van der Waals surface area contributed by atoms with E-state index in [-0.39, 0.29) is 17.4 Å². The highest BCUT2D eigenvalue weighted by Gasteiger charge is 2.30. The average Bonchev–Trinajstić information content (AvgIpc) is 2.59. The Morgan fingerprint density at radius 1 is 1.11 bits per heavy atom. The minimum absolute atomic E-state index is 0.0136. The average molecular weight is 394 g/mol. The fraction of sp³-hybridized carbons (Fsp3) is 0.381. The molecular formula is C21H25F3N2O2. The number of rotatable bonds is 6. The van der Waals surface area contributed by atoms with Crippen LogP contribution in [0.15, 0.2) is 36.4 Å². The summed E-state index contributed by atoms with van der Waals surface area (Å²) in [6.45, 7) is 4.19. The van der Waals surface area contributed by atoms with Crippen LogP contribution in [0.4, 0.5) is 13.2 Å². The Balaban J connectivity index is 2.06. The normalized spacial score (nSPS) is 12.9. The highest BCUT2D eigenvalue weighted by Crippen LogP contribution is 2.29. The zero-order valence-electron chi connectivity index (χ0n) is 16.4. The largest absolute Gasteiger partial charge is 0.508 e. The van der Waals surface area contributed by atoms with Gasteiger partial charge in [-0.15, -0.1) is 0 Å². The summed E-state index contributed by atoms with van der Waals surface area (Å²) in [5, 5.41) is 12.5. The van der Waals surface area contributed by atoms with Crippen LogP contribution < -0.4 is 5.32 Å². The van der Waals surface area contributed by atoms with Crippen LogP contribution in [0.2, 0.25) is 0 Å². The summed E-state index contributed by atoms with van der Waals surface area (Å²) < 4.78 is 37.9. The summed E-state index contributed by atoms with van der Waals surface area (Å²) in [4.78, 5) is 14.3. The molecule has 0 saturated heterocycles. The molecule has 2 N–H and O–H groups in total. The van der Waals surface area contributed by atoms with Crippen LogP contribution in [0.5, 0.6) is 5.75 Å². The number of amides is 1. The lowest BCUT2D eigenvalue weighted by atomic mass is 9.95. The maximum atomic E-state index is 12.6. The Labute approximate surface area is 163 Å². The summed E-state index contributed by atoms with van der Waals surface area (Å²) >= 11 is 0. The molecule has 0 aliphatic rings. The molecule has 2 aromatic carbocycles. The van der Waals surface area contributed by atoms with Gasteiger partial charge < -0.3 is 15.3 Å². The van der Waals surface area contributed by atoms with Crippen LogP contribution in [0.25, 0.3) is 0 Å². The Morgan fingerprint density at radius 3 is 2.11 bits per heavy atom. The number of nitrogens with zero attached hydrogens (tertiary/aromatic N) is 1. The van der Waals surface area contributed by atoms with Crippen LogP contribution in [0, 0.1) is 13.8 Å². The summed E-state index contributed by atoms with van der Waals surface area (Å²) in [5.74, 6) is -0.199. The molecule has 0 spiro atoms. The van der Waals surface area contributed by atoms with Gasteiger partial charge in [-0.25, -0.2) is 0 Å². The van der Waals surface area contributed by atoms with Gasteiger partial charge in [-0.2, -0.15) is 13.2 Å². The minimum Gasteiger partial charge on any atom is -0.508 e. The number of phenolic OH excluding ortho intramolecular Hbond substituents is 1. The van der Waals surface area contributed by atoms with Gasteiger partial charge in [0, 0.05) is 18.2 Å². The minimum atomic E-state index is -4.43. The van der Waals surface area contributed by atoms with E-state index in [4.69, 9.17) is 0 Å². The van der Waals surface area contributed by atoms with E-state index in [1.165, 1.54) is 12.1 Å². The molecule has 0 aliphatic heterocycles. The van der Waals surface area contributed by atoms with Crippen LogP contribution in [-0.2, 0) is 12.6 Å². The van der Waals surface area contributed by atoms with Crippen LogP contribution in [0.3, 0.4) is 0 Å². The van der Waals surface area contributed by atoms with Crippen molar-refractivity contribution in [3.63, 3.8) is 0 Å². The van der Waals surface area contributed by atoms with Crippen molar-refractivity contribution in [1.82, 2.24) is 10.2 Å². The van der Waals surface area contributed by atoms with Crippen molar-refractivity contribution < 1.29 is 23.1 Å². The topological polar surface area (TPSA) is 52.6 Å². The molecule has 1 amide bonds. The van der Waals surface area contributed by atoms with E-state index in [0.29, 0.717) is 13.0 Å². The number of carbonyl (C=O) groups is 1. The second-order valence-electron chi connectivity index (χ2n) is 7.16. The summed E-state index contributed by atoms with van der Waals surface area (Å²) in [6.07, 6.45) is -3.76. The van der Waals surface area contributed by atoms with Crippen molar-refractivity contribution >= 4 is 5.91 Å². The second-order valence-corrected chi connectivity index (χ2v) is 7.16. The maximum Gasteiger partial charge on any atom is 0.416 e. The van der Waals surface area contributed by atoms with Crippen molar-refractivity contribution in [1.29, 1.82) is 0 Å². The third-order valence-corrected chi connectivity index (χ3v) is 4.82. The first kappa shape index (κ1) is 21.8. The van der Waals surface area contributed by atoms with Gasteiger partial charge in [-0.05, 0) is 87.5 Å². The SMILES string of the molecule is Cc1cc(O)cc(C)c1C[C@@H](CNC(=O)c1ccc(C(F)(F)F)cc1)N(C)C. The monoisotopic (exact) mass is 394 g/mol. The quantitative estimate of drug-likeness (QED) is 0.781. The Kier molecular flexibility index (Phi) is 6.72. The standard InChI is InChI=1S/C21H25F3N2O2/c1-13-9-18(27)10-14(2)19(13)11-17(26(3)4)12-25-20(28)15-5-7-16(8-6-15)21(22,23)24/h5-10,17,27H,11-12H2,1-4H3,(H,25,28)/t17-/m0/s1. The number of phenols is 1. The lowest BCUT2D eigenvalue weighted by molar-refractivity contribution is -0.137. The molecule has 0 radical (unpaired) electrons. The Hall–Kier alpha value is -2.54. The highest BCUT2D eigenvalue weighted by atomic mass is 19.4. The molecule has 2 rings (SSSR count). The number of carbonyl (C=O) groups excluding carboxylic acids is 1. The first-order valence-corrected chi connectivity index (χ1v) is 8.90. The molecule has 1 atom stereocenters. The molecular weight excluding hydrogens is 369 g/mol. The number of nitrogens with one attached hydrogen (secondary N) is 1. The molecule has 7 heteroatoms. The highest BCUT2D eigenvalue weighted by molar-refractivity contribution is 5.94. The van der Waals surface area contributed by atoms with Crippen LogP contribution in [-0.4, -0.2) is 42.6 Å². The number of hydrogen-bond acceptors (Lipinski definition) is 3. The third kappa shape index (κ3) is 5.48. The first-order chi connectivity index (χ1) is 13.0. The lowest BCUT2D eigenvalue weighted by Crippen LogP contribution is -2.41. The molecule has 28 heavy (non-hydrogen) atoms. The van der Waals surface area contributed by atoms with Crippen LogP contribution >= 0.6 is 0 Å². The number of halogens is 3. The van der Waals surface area contributed by atoms with E-state index in [2.05, 4.69) is 5.32 Å². The molecule has 152 valence electrons. The zero-order chi connectivity index (χ0) is 21.1. The fourth-order valence-corrected chi connectivity index (χ4v) is 3.09. The van der Waals surface area contributed by atoms with Crippen LogP contribution in [0.1, 0.15) is 32.6 Å². The number of hydrogen-bond donors (Lipinski definition) is 2. The molecule has 0 saturated carbocycles. The molecule has 0 heterocycles. The van der Waals surface area contributed by atoms with Crippen molar-refractivity contribution in [2.75, 3.05) is 20.6 Å². The van der Waals surface area contributed by atoms with Crippen molar-refractivity contribution in [2.45, 2.75) is 32.5 Å². The van der Waals surface area contributed by atoms with Crippen molar-refractivity contribution in [3.05, 3.63) is 64.2 Å². The van der Waals surface area contributed by atoms with Gasteiger partial charge in [-0.3, -0.25) is 4.79 Å². The number of aryl methyl sites for hydroxylation is 2. The smallest absolute Gasteiger partial charge is 0.416 e. The fourth-order valence-electron chi connectivity index (χ4n) is 3.09. The van der Waals surface area contributed by atoms with E-state index in [1.54, 1.807) is 12.1 Å². The number of benzene rings is 2. The Morgan fingerprint density at radius 2 is 1.64 bits per heavy atom. The van der Waals surface area contributed by atoms with E-state index in [0.717, 1.165) is 28.8 Å². The molecule has 0 fully saturated rings. The van der Waals surface area contributed by atoms with Gasteiger partial charge in [-0.1, -0.05) is 0 Å². The maximum absolute atomic E-state index is 12.6. The summed E-state index contributed by atoms with van der Waals surface area (Å²) in [6, 6.07) is 7.56. The van der Waals surface area contributed by atoms with Gasteiger partial charge in [0.05, 0.1) is 5.56 Å². The lowest BCUT2D eigenvalue weighted by Gasteiger charge is -2.26. The van der Waals surface area contributed by atoms with Crippen molar-refractivity contribution in [3.8, 4) is 5.75 Å². The third-order valence-electron chi connectivity index (χ3n) is 4.82. The van der Waals surface area contributed by atoms with Gasteiger partial charge in [0.25, 0.3) is 5.91 Å². The molecule has 0 unspecified atom stereocenters. The predicted octanol–water partition coefficient (Wildman–Crippen LogP) is 3.93. The summed E-state index contributed by atoms with van der Waals surface area (Å²) in [5.41, 5.74) is 2.44. The molecule has 2 aromatic rings. The van der Waals surface area contributed by atoms with E-state index < -0.39 is 17.6 Å². The number of likely N-dealkylation sites (N-methyl/N-ethyl adjacent to an activating group) is 1. The van der Waals surface area contributed by atoms with E-state index in [9.17, 15) is 23.1 Å². The zero-order valence-corrected chi connectivity index (χ0v) is 16.4. The van der Waals surface area contributed by atoms with E-state index in [1.807, 2.05) is 32.8 Å². The molecule has 0 aliphatic carbocycles. The number of aromatic hydroxyl groups is 1. The van der Waals surface area contributed by atoms with Gasteiger partial charge in [0.1, 0.15) is 5.75 Å². The van der Waals surface area contributed by atoms with E-state index >= 15 is 0 Å². The number of alkyl halides is 3. The predicted molar refractivity (Wildman–Crippen MR) is 103 cm³/mol. The van der Waals surface area contributed by atoms with Crippen molar-refractivity contribution in [2.24, 2.45) is 0 Å². The molecule has 4 nitrogen and oxygen atoms in total. The Bertz CT molecular complexity index is 808. The molecule has 0 aromatic heterocycles. The molecule has 0 bridgehead atoms. The van der Waals surface area contributed by atoms with Gasteiger partial charge in [0.15, 0.2) is 0 Å². The van der Waals surface area contributed by atoms with Gasteiger partial charge in [0.2, 0.25) is 0 Å². The first-order valence-electron chi connectivity index (χ1n) is 8.90.